The molecule has 1 aliphatic heterocycles. The van der Waals surface area contributed by atoms with E-state index in [2.05, 4.69) is 5.32 Å². The predicted molar refractivity (Wildman–Crippen MR) is 112 cm³/mol. The predicted octanol–water partition coefficient (Wildman–Crippen LogP) is 3.55. The average Bonchev–Trinajstić information content (AvgIpc) is 3.46. The summed E-state index contributed by atoms with van der Waals surface area (Å²) in [5.41, 5.74) is 2.28. The van der Waals surface area contributed by atoms with Gasteiger partial charge in [0.15, 0.2) is 0 Å². The van der Waals surface area contributed by atoms with E-state index in [-0.39, 0.29) is 23.6 Å². The number of benzene rings is 2. The highest BCUT2D eigenvalue weighted by Crippen LogP contribution is 2.33. The molecule has 1 saturated carbocycles. The first-order chi connectivity index (χ1) is 14.0. The third kappa shape index (κ3) is 4.16. The van der Waals surface area contributed by atoms with Crippen LogP contribution in [0.15, 0.2) is 48.5 Å². The van der Waals surface area contributed by atoms with Gasteiger partial charge in [-0.2, -0.15) is 0 Å². The van der Waals surface area contributed by atoms with Crippen molar-refractivity contribution < 1.29 is 14.4 Å². The van der Waals surface area contributed by atoms with Crippen LogP contribution in [-0.2, 0) is 4.79 Å². The molecule has 2 aliphatic rings. The zero-order valence-electron chi connectivity index (χ0n) is 16.6. The smallest absolute Gasteiger partial charge is 0.257 e. The third-order valence-electron chi connectivity index (χ3n) is 5.55. The number of amides is 3. The van der Waals surface area contributed by atoms with Gasteiger partial charge in [-0.05, 0) is 62.1 Å². The minimum atomic E-state index is -0.283. The highest BCUT2D eigenvalue weighted by Gasteiger charge is 2.33. The maximum Gasteiger partial charge on any atom is 0.257 e. The van der Waals surface area contributed by atoms with Crippen molar-refractivity contribution in [1.29, 1.82) is 0 Å². The summed E-state index contributed by atoms with van der Waals surface area (Å²) in [7, 11) is 1.71. The van der Waals surface area contributed by atoms with Gasteiger partial charge >= 0.3 is 0 Å². The lowest BCUT2D eigenvalue weighted by atomic mass is 10.1. The fourth-order valence-corrected chi connectivity index (χ4v) is 3.68. The number of nitrogens with zero attached hydrogens (tertiary/aromatic N) is 2. The fraction of sp³-hybridized carbons (Fsp3) is 0.348. The lowest BCUT2D eigenvalue weighted by Gasteiger charge is -2.20. The molecule has 29 heavy (non-hydrogen) atoms. The summed E-state index contributed by atoms with van der Waals surface area (Å²) in [5, 5.41) is 2.87. The Labute approximate surface area is 170 Å². The molecule has 150 valence electrons. The Morgan fingerprint density at radius 2 is 1.62 bits per heavy atom. The molecule has 1 N–H and O–H groups in total. The molecule has 3 amide bonds. The Morgan fingerprint density at radius 3 is 2.28 bits per heavy atom. The lowest BCUT2D eigenvalue weighted by molar-refractivity contribution is -0.119. The van der Waals surface area contributed by atoms with Crippen molar-refractivity contribution in [3.05, 3.63) is 59.7 Å². The molecule has 1 aliphatic carbocycles. The highest BCUT2D eigenvalue weighted by atomic mass is 16.2. The standard InChI is InChI=1S/C23H25N3O3/c1-25(22(28)16-8-9-16)20-7-3-2-6-19(20)21(27)24-18-12-10-17(11-13-18)23(29)26-14-4-5-15-26/h2-3,6-7,10-13,16H,4-5,8-9,14-15H2,1H3,(H,24,27). The molecule has 0 unspecified atom stereocenters. The molecule has 2 fully saturated rings. The maximum absolute atomic E-state index is 12.9. The topological polar surface area (TPSA) is 69.7 Å². The summed E-state index contributed by atoms with van der Waals surface area (Å²) in [6.07, 6.45) is 3.94. The Kier molecular flexibility index (Phi) is 5.34. The van der Waals surface area contributed by atoms with Gasteiger partial charge in [0.25, 0.3) is 11.8 Å². The Morgan fingerprint density at radius 1 is 0.966 bits per heavy atom. The van der Waals surface area contributed by atoms with E-state index in [4.69, 9.17) is 0 Å². The van der Waals surface area contributed by atoms with Crippen molar-refractivity contribution in [3.8, 4) is 0 Å². The first-order valence-corrected chi connectivity index (χ1v) is 10.1. The van der Waals surface area contributed by atoms with E-state index >= 15 is 0 Å². The molecule has 1 saturated heterocycles. The van der Waals surface area contributed by atoms with Gasteiger partial charge in [-0.3, -0.25) is 14.4 Å². The van der Waals surface area contributed by atoms with E-state index in [0.717, 1.165) is 38.8 Å². The molecule has 0 radical (unpaired) electrons. The largest absolute Gasteiger partial charge is 0.339 e. The SMILES string of the molecule is CN(C(=O)C1CC1)c1ccccc1C(=O)Nc1ccc(C(=O)N2CCCC2)cc1. The van der Waals surface area contributed by atoms with Gasteiger partial charge in [0.2, 0.25) is 5.91 Å². The number of nitrogens with one attached hydrogen (secondary N) is 1. The van der Waals surface area contributed by atoms with E-state index < -0.39 is 0 Å². The van der Waals surface area contributed by atoms with Crippen LogP contribution in [0.25, 0.3) is 0 Å². The van der Waals surface area contributed by atoms with Crippen molar-refractivity contribution in [2.24, 2.45) is 5.92 Å². The van der Waals surface area contributed by atoms with E-state index in [1.54, 1.807) is 54.4 Å². The fourth-order valence-electron chi connectivity index (χ4n) is 3.68. The van der Waals surface area contributed by atoms with Crippen LogP contribution < -0.4 is 10.2 Å². The third-order valence-corrected chi connectivity index (χ3v) is 5.55. The van der Waals surface area contributed by atoms with Crippen LogP contribution in [0.5, 0.6) is 0 Å². The van der Waals surface area contributed by atoms with Crippen LogP contribution in [0.1, 0.15) is 46.4 Å². The number of rotatable bonds is 5. The molecule has 0 spiro atoms. The molecule has 2 aromatic carbocycles. The molecule has 1 heterocycles. The van der Waals surface area contributed by atoms with Crippen LogP contribution >= 0.6 is 0 Å². The maximum atomic E-state index is 12.9. The van der Waals surface area contributed by atoms with E-state index in [1.807, 2.05) is 11.0 Å². The van der Waals surface area contributed by atoms with E-state index in [9.17, 15) is 14.4 Å². The molecule has 6 heteroatoms. The van der Waals surface area contributed by atoms with Crippen molar-refractivity contribution >= 4 is 29.1 Å². The van der Waals surface area contributed by atoms with Crippen molar-refractivity contribution in [3.63, 3.8) is 0 Å². The van der Waals surface area contributed by atoms with Crippen molar-refractivity contribution in [2.75, 3.05) is 30.4 Å². The molecule has 4 rings (SSSR count). The summed E-state index contributed by atoms with van der Waals surface area (Å²) in [5.74, 6) is -0.118. The number of hydrogen-bond acceptors (Lipinski definition) is 3. The second kappa shape index (κ2) is 8.07. The number of hydrogen-bond donors (Lipinski definition) is 1. The highest BCUT2D eigenvalue weighted by molar-refractivity contribution is 6.11. The number of para-hydroxylation sites is 1. The zero-order chi connectivity index (χ0) is 20.4. The number of carbonyl (C=O) groups excluding carboxylic acids is 3. The summed E-state index contributed by atoms with van der Waals surface area (Å²) in [6, 6.07) is 14.1. The Hall–Kier alpha value is -3.15. The molecule has 0 aromatic heterocycles. The van der Waals surface area contributed by atoms with Gasteiger partial charge in [-0.25, -0.2) is 0 Å². The first kappa shape index (κ1) is 19.2. The van der Waals surface area contributed by atoms with Gasteiger partial charge in [0, 0.05) is 37.3 Å². The molecular formula is C23H25N3O3. The van der Waals surface area contributed by atoms with Crippen molar-refractivity contribution in [2.45, 2.75) is 25.7 Å². The summed E-state index contributed by atoms with van der Waals surface area (Å²) in [4.78, 5) is 41.1. The summed E-state index contributed by atoms with van der Waals surface area (Å²) >= 11 is 0. The van der Waals surface area contributed by atoms with Gasteiger partial charge in [-0.1, -0.05) is 12.1 Å². The minimum absolute atomic E-state index is 0.0333. The lowest BCUT2D eigenvalue weighted by Crippen LogP contribution is -2.30. The molecule has 2 aromatic rings. The van der Waals surface area contributed by atoms with Gasteiger partial charge in [-0.15, -0.1) is 0 Å². The second-order valence-corrected chi connectivity index (χ2v) is 7.72. The number of carbonyl (C=O) groups is 3. The molecular weight excluding hydrogens is 366 g/mol. The molecule has 0 bridgehead atoms. The normalized spacial score (nSPS) is 15.8. The number of likely N-dealkylation sites (tertiary alicyclic amines) is 1. The van der Waals surface area contributed by atoms with Gasteiger partial charge in [0.05, 0.1) is 11.3 Å². The molecule has 0 atom stereocenters. The van der Waals surface area contributed by atoms with Crippen LogP contribution in [-0.4, -0.2) is 42.8 Å². The second-order valence-electron chi connectivity index (χ2n) is 7.72. The number of anilines is 2. The van der Waals surface area contributed by atoms with Crippen molar-refractivity contribution in [1.82, 2.24) is 4.90 Å². The van der Waals surface area contributed by atoms with Crippen LogP contribution in [0.3, 0.4) is 0 Å². The minimum Gasteiger partial charge on any atom is -0.339 e. The quantitative estimate of drug-likeness (QED) is 0.847. The van der Waals surface area contributed by atoms with Crippen LogP contribution in [0.2, 0.25) is 0 Å². The Bertz CT molecular complexity index is 929. The van der Waals surface area contributed by atoms with E-state index in [0.29, 0.717) is 22.5 Å². The van der Waals surface area contributed by atoms with E-state index in [1.165, 1.54) is 0 Å². The average molecular weight is 391 g/mol. The first-order valence-electron chi connectivity index (χ1n) is 10.1. The monoisotopic (exact) mass is 391 g/mol. The summed E-state index contributed by atoms with van der Waals surface area (Å²) < 4.78 is 0. The van der Waals surface area contributed by atoms with Crippen LogP contribution in [0, 0.1) is 5.92 Å². The van der Waals surface area contributed by atoms with Gasteiger partial charge < -0.3 is 15.1 Å². The zero-order valence-corrected chi connectivity index (χ0v) is 16.6. The Balaban J connectivity index is 1.47. The van der Waals surface area contributed by atoms with Gasteiger partial charge in [0.1, 0.15) is 0 Å². The van der Waals surface area contributed by atoms with Crippen LogP contribution in [0.4, 0.5) is 11.4 Å². The summed E-state index contributed by atoms with van der Waals surface area (Å²) in [6.45, 7) is 1.61. The molecule has 6 nitrogen and oxygen atoms in total.